The van der Waals surface area contributed by atoms with Crippen molar-refractivity contribution in [3.8, 4) is 0 Å². The van der Waals surface area contributed by atoms with Crippen LogP contribution in [0.5, 0.6) is 0 Å². The fourth-order valence-electron chi connectivity index (χ4n) is 2.15. The van der Waals surface area contributed by atoms with Crippen molar-refractivity contribution in [1.29, 1.82) is 0 Å². The number of aryl methyl sites for hydroxylation is 1. The van der Waals surface area contributed by atoms with Gasteiger partial charge < -0.3 is 4.98 Å². The molecule has 0 saturated heterocycles. The summed E-state index contributed by atoms with van der Waals surface area (Å²) in [6.07, 6.45) is 1.44. The smallest absolute Gasteiger partial charge is 0.258 e. The number of benzene rings is 1. The van der Waals surface area contributed by atoms with Crippen LogP contribution in [0.25, 0.3) is 11.0 Å². The molecule has 1 unspecified atom stereocenters. The van der Waals surface area contributed by atoms with E-state index in [4.69, 9.17) is 0 Å². The zero-order valence-corrected chi connectivity index (χ0v) is 12.4. The van der Waals surface area contributed by atoms with Crippen molar-refractivity contribution in [2.45, 2.75) is 18.0 Å². The zero-order valence-electron chi connectivity index (χ0n) is 11.6. The van der Waals surface area contributed by atoms with E-state index in [1.165, 1.54) is 16.9 Å². The van der Waals surface area contributed by atoms with Gasteiger partial charge in [0.15, 0.2) is 5.03 Å². The summed E-state index contributed by atoms with van der Waals surface area (Å²) in [5.41, 5.74) is 1.68. The highest BCUT2D eigenvalue weighted by Gasteiger charge is 2.22. The Morgan fingerprint density at radius 2 is 2.05 bits per heavy atom. The average Bonchev–Trinajstić information content (AvgIpc) is 3.03. The van der Waals surface area contributed by atoms with Gasteiger partial charge in [-0.05, 0) is 25.1 Å². The molecule has 0 aliphatic carbocycles. The zero-order chi connectivity index (χ0) is 15.0. The van der Waals surface area contributed by atoms with Gasteiger partial charge in [0.25, 0.3) is 10.0 Å². The van der Waals surface area contributed by atoms with Crippen molar-refractivity contribution in [2.24, 2.45) is 7.05 Å². The summed E-state index contributed by atoms with van der Waals surface area (Å²) in [6.45, 7) is 1.74. The van der Waals surface area contributed by atoms with Crippen molar-refractivity contribution < 1.29 is 8.42 Å². The lowest BCUT2D eigenvalue weighted by atomic mass is 10.3. The number of hydrogen-bond acceptors (Lipinski definition) is 4. The second-order valence-corrected chi connectivity index (χ2v) is 6.44. The Balaban J connectivity index is 1.89. The van der Waals surface area contributed by atoms with E-state index in [0.717, 1.165) is 11.0 Å². The molecule has 0 fully saturated rings. The first-order valence-electron chi connectivity index (χ1n) is 6.42. The summed E-state index contributed by atoms with van der Waals surface area (Å²) in [5.74, 6) is 0.571. The third-order valence-corrected chi connectivity index (χ3v) is 4.82. The van der Waals surface area contributed by atoms with Gasteiger partial charge in [-0.1, -0.05) is 12.1 Å². The highest BCUT2D eigenvalue weighted by atomic mass is 32.2. The van der Waals surface area contributed by atoms with Crippen LogP contribution in [0.15, 0.2) is 41.6 Å². The molecule has 110 valence electrons. The Morgan fingerprint density at radius 3 is 2.71 bits per heavy atom. The van der Waals surface area contributed by atoms with Crippen LogP contribution >= 0.6 is 0 Å². The molecule has 8 heteroatoms. The van der Waals surface area contributed by atoms with Crippen LogP contribution < -0.4 is 4.72 Å². The predicted molar refractivity (Wildman–Crippen MR) is 78.0 cm³/mol. The molecular formula is C13H15N5O2S. The van der Waals surface area contributed by atoms with Gasteiger partial charge in [0.2, 0.25) is 0 Å². The number of para-hydroxylation sites is 2. The Morgan fingerprint density at radius 1 is 1.29 bits per heavy atom. The molecule has 0 spiro atoms. The lowest BCUT2D eigenvalue weighted by Gasteiger charge is -2.11. The normalized spacial score (nSPS) is 13.6. The maximum atomic E-state index is 12.3. The summed E-state index contributed by atoms with van der Waals surface area (Å²) in [5, 5.41) is 3.99. The number of aromatic amines is 1. The Labute approximate surface area is 122 Å². The number of aromatic nitrogens is 4. The van der Waals surface area contributed by atoms with E-state index in [0.29, 0.717) is 5.82 Å². The molecule has 0 aliphatic heterocycles. The van der Waals surface area contributed by atoms with Crippen LogP contribution in [0, 0.1) is 0 Å². The first-order chi connectivity index (χ1) is 9.97. The molecule has 0 aliphatic rings. The molecule has 7 nitrogen and oxygen atoms in total. The molecule has 1 aromatic carbocycles. The van der Waals surface area contributed by atoms with Crippen molar-refractivity contribution in [1.82, 2.24) is 24.5 Å². The van der Waals surface area contributed by atoms with Gasteiger partial charge in [-0.2, -0.15) is 9.82 Å². The first-order valence-corrected chi connectivity index (χ1v) is 7.91. The number of fused-ring (bicyclic) bond motifs is 1. The highest BCUT2D eigenvalue weighted by Crippen LogP contribution is 2.17. The van der Waals surface area contributed by atoms with Crippen molar-refractivity contribution in [3.63, 3.8) is 0 Å². The maximum absolute atomic E-state index is 12.3. The molecule has 3 aromatic rings. The van der Waals surface area contributed by atoms with Crippen molar-refractivity contribution >= 4 is 21.1 Å². The molecule has 2 heterocycles. The average molecular weight is 305 g/mol. The maximum Gasteiger partial charge on any atom is 0.258 e. The van der Waals surface area contributed by atoms with Gasteiger partial charge in [0.05, 0.1) is 23.3 Å². The Hall–Kier alpha value is -2.19. The fourth-order valence-corrected chi connectivity index (χ4v) is 3.48. The van der Waals surface area contributed by atoms with E-state index < -0.39 is 16.1 Å². The minimum Gasteiger partial charge on any atom is -0.341 e. The molecule has 2 aromatic heterocycles. The standard InChI is InChI=1S/C13H15N5O2S/c1-9(13-15-10-5-3-4-6-11(10)16-13)17-21(19,20)12-7-8-14-18(12)2/h3-9,17H,1-2H3,(H,15,16). The minimum absolute atomic E-state index is 0.116. The Kier molecular flexibility index (Phi) is 3.26. The predicted octanol–water partition coefficient (Wildman–Crippen LogP) is 1.34. The number of sulfonamides is 1. The molecule has 3 rings (SSSR count). The van der Waals surface area contributed by atoms with Gasteiger partial charge in [-0.15, -0.1) is 0 Å². The van der Waals surface area contributed by atoms with Crippen LogP contribution in [0.2, 0.25) is 0 Å². The van der Waals surface area contributed by atoms with E-state index in [2.05, 4.69) is 19.8 Å². The van der Waals surface area contributed by atoms with E-state index in [9.17, 15) is 8.42 Å². The van der Waals surface area contributed by atoms with Crippen molar-refractivity contribution in [3.05, 3.63) is 42.4 Å². The van der Waals surface area contributed by atoms with Gasteiger partial charge in [-0.3, -0.25) is 4.68 Å². The molecule has 0 amide bonds. The Bertz CT molecular complexity index is 848. The second-order valence-electron chi connectivity index (χ2n) is 4.78. The van der Waals surface area contributed by atoms with Gasteiger partial charge in [-0.25, -0.2) is 13.4 Å². The molecule has 1 atom stereocenters. The summed E-state index contributed by atoms with van der Waals surface area (Å²) in [6, 6.07) is 8.53. The number of rotatable bonds is 4. The molecule has 0 saturated carbocycles. The van der Waals surface area contributed by atoms with Gasteiger partial charge in [0.1, 0.15) is 5.82 Å². The van der Waals surface area contributed by atoms with Crippen molar-refractivity contribution in [2.75, 3.05) is 0 Å². The largest absolute Gasteiger partial charge is 0.341 e. The molecule has 21 heavy (non-hydrogen) atoms. The number of imidazole rings is 1. The van der Waals surface area contributed by atoms with Crippen LogP contribution in [0.4, 0.5) is 0 Å². The van der Waals surface area contributed by atoms with Gasteiger partial charge in [0, 0.05) is 7.05 Å². The lowest BCUT2D eigenvalue weighted by molar-refractivity contribution is 0.545. The number of hydrogen-bond donors (Lipinski definition) is 2. The molecule has 0 radical (unpaired) electrons. The SMILES string of the molecule is CC(NS(=O)(=O)c1ccnn1C)c1nc2ccccc2[nH]1. The monoisotopic (exact) mass is 305 g/mol. The quantitative estimate of drug-likeness (QED) is 0.760. The fraction of sp³-hybridized carbons (Fsp3) is 0.231. The van der Waals surface area contributed by atoms with Crippen LogP contribution in [0.1, 0.15) is 18.8 Å². The summed E-state index contributed by atoms with van der Waals surface area (Å²) < 4.78 is 28.5. The van der Waals surface area contributed by atoms with E-state index in [1.807, 2.05) is 24.3 Å². The van der Waals surface area contributed by atoms with Crippen LogP contribution in [-0.4, -0.2) is 28.2 Å². The number of nitrogens with one attached hydrogen (secondary N) is 2. The van der Waals surface area contributed by atoms with Gasteiger partial charge >= 0.3 is 0 Å². The lowest BCUT2D eigenvalue weighted by Crippen LogP contribution is -2.29. The third-order valence-electron chi connectivity index (χ3n) is 3.20. The number of H-pyrrole nitrogens is 1. The van der Waals surface area contributed by atoms with E-state index in [-0.39, 0.29) is 5.03 Å². The molecule has 2 N–H and O–H groups in total. The van der Waals surface area contributed by atoms with Crippen LogP contribution in [-0.2, 0) is 17.1 Å². The topological polar surface area (TPSA) is 92.7 Å². The first kappa shape index (κ1) is 13.8. The molecule has 0 bridgehead atoms. The highest BCUT2D eigenvalue weighted by molar-refractivity contribution is 7.89. The summed E-state index contributed by atoms with van der Waals surface area (Å²) >= 11 is 0. The third kappa shape index (κ3) is 2.55. The number of nitrogens with zero attached hydrogens (tertiary/aromatic N) is 3. The van der Waals surface area contributed by atoms with E-state index in [1.54, 1.807) is 14.0 Å². The van der Waals surface area contributed by atoms with Crippen LogP contribution in [0.3, 0.4) is 0 Å². The minimum atomic E-state index is -3.64. The van der Waals surface area contributed by atoms with E-state index >= 15 is 0 Å². The molecular weight excluding hydrogens is 290 g/mol. The summed E-state index contributed by atoms with van der Waals surface area (Å²) in [4.78, 5) is 7.51. The second kappa shape index (κ2) is 4.97. The summed E-state index contributed by atoms with van der Waals surface area (Å²) in [7, 11) is -2.06.